The summed E-state index contributed by atoms with van der Waals surface area (Å²) >= 11 is 0. The minimum Gasteiger partial charge on any atom is -0.359 e. The number of hydrogen-bond donors (Lipinski definition) is 0. The largest absolute Gasteiger partial charge is 0.359 e. The fraction of sp³-hybridized carbons (Fsp3) is 0.429. The van der Waals surface area contributed by atoms with Gasteiger partial charge < -0.3 is 9.47 Å². The van der Waals surface area contributed by atoms with Crippen LogP contribution in [0.4, 0.5) is 0 Å². The van der Waals surface area contributed by atoms with Crippen LogP contribution in [0.1, 0.15) is 30.5 Å². The summed E-state index contributed by atoms with van der Waals surface area (Å²) in [7, 11) is 1.61. The average Bonchev–Trinajstić information content (AvgIpc) is 2.26. The molecule has 0 spiro atoms. The van der Waals surface area contributed by atoms with Crippen LogP contribution >= 0.6 is 0 Å². The number of aryl methyl sites for hydroxylation is 1. The molecule has 1 aromatic carbocycles. The Hall–Kier alpha value is -1.30. The van der Waals surface area contributed by atoms with E-state index in [9.17, 15) is 0 Å². The maximum Gasteiger partial charge on any atom is 0.147 e. The zero-order valence-electron chi connectivity index (χ0n) is 10.3. The zero-order chi connectivity index (χ0) is 12.2. The molecule has 0 aliphatic rings. The summed E-state index contributed by atoms with van der Waals surface area (Å²) < 4.78 is 10.6. The molecule has 0 bridgehead atoms. The Balaban J connectivity index is 3.10. The summed E-state index contributed by atoms with van der Waals surface area (Å²) in [6, 6.07) is 6.01. The third-order valence-corrected chi connectivity index (χ3v) is 2.52. The van der Waals surface area contributed by atoms with E-state index in [0.717, 1.165) is 11.1 Å². The maximum absolute atomic E-state index is 5.64. The molecule has 2 nitrogen and oxygen atoms in total. The highest BCUT2D eigenvalue weighted by atomic mass is 16.7. The van der Waals surface area contributed by atoms with Crippen LogP contribution in [0.25, 0.3) is 0 Å². The fourth-order valence-corrected chi connectivity index (χ4v) is 1.57. The lowest BCUT2D eigenvalue weighted by atomic mass is 9.91. The first-order valence-electron chi connectivity index (χ1n) is 5.22. The molecule has 0 radical (unpaired) electrons. The molecule has 0 fully saturated rings. The molecule has 0 amide bonds. The smallest absolute Gasteiger partial charge is 0.147 e. The summed E-state index contributed by atoms with van der Waals surface area (Å²) in [6.45, 7) is 6.27. The number of terminal acetylenes is 1. The van der Waals surface area contributed by atoms with Gasteiger partial charge in [-0.15, -0.1) is 6.42 Å². The van der Waals surface area contributed by atoms with Crippen molar-refractivity contribution in [1.82, 2.24) is 0 Å². The van der Waals surface area contributed by atoms with E-state index < -0.39 is 5.60 Å². The molecule has 0 unspecified atom stereocenters. The van der Waals surface area contributed by atoms with Crippen LogP contribution in [0.3, 0.4) is 0 Å². The van der Waals surface area contributed by atoms with Crippen molar-refractivity contribution >= 4 is 0 Å². The van der Waals surface area contributed by atoms with Crippen molar-refractivity contribution in [3.05, 3.63) is 34.9 Å². The number of rotatable bonds is 4. The Morgan fingerprint density at radius 3 is 2.62 bits per heavy atom. The van der Waals surface area contributed by atoms with Crippen LogP contribution in [0.2, 0.25) is 0 Å². The molecular weight excluding hydrogens is 200 g/mol. The van der Waals surface area contributed by atoms with Crippen molar-refractivity contribution in [3.8, 4) is 12.3 Å². The highest BCUT2D eigenvalue weighted by Crippen LogP contribution is 2.28. The van der Waals surface area contributed by atoms with Gasteiger partial charge in [-0.25, -0.2) is 0 Å². The summed E-state index contributed by atoms with van der Waals surface area (Å²) in [5.41, 5.74) is 2.62. The van der Waals surface area contributed by atoms with Crippen molar-refractivity contribution in [1.29, 1.82) is 0 Å². The summed E-state index contributed by atoms with van der Waals surface area (Å²) in [5.74, 6) is 2.68. The highest BCUT2D eigenvalue weighted by molar-refractivity contribution is 5.44. The summed E-state index contributed by atoms with van der Waals surface area (Å²) in [5, 5.41) is 0. The zero-order valence-corrected chi connectivity index (χ0v) is 10.3. The first-order chi connectivity index (χ1) is 7.51. The van der Waals surface area contributed by atoms with Gasteiger partial charge in [0.15, 0.2) is 0 Å². The van der Waals surface area contributed by atoms with Gasteiger partial charge in [0.2, 0.25) is 0 Å². The van der Waals surface area contributed by atoms with E-state index >= 15 is 0 Å². The standard InChI is InChI=1S/C14H18O2/c1-6-12-8-7-11(2)9-13(12)14(3,4)16-10-15-5/h1,7-9H,10H2,2-5H3. The van der Waals surface area contributed by atoms with E-state index in [1.165, 1.54) is 5.56 Å². The second-order valence-corrected chi connectivity index (χ2v) is 4.25. The van der Waals surface area contributed by atoms with Crippen LogP contribution in [-0.2, 0) is 15.1 Å². The van der Waals surface area contributed by atoms with Crippen molar-refractivity contribution in [3.63, 3.8) is 0 Å². The van der Waals surface area contributed by atoms with Crippen molar-refractivity contribution < 1.29 is 9.47 Å². The fourth-order valence-electron chi connectivity index (χ4n) is 1.57. The average molecular weight is 218 g/mol. The van der Waals surface area contributed by atoms with Gasteiger partial charge in [0.05, 0.1) is 5.60 Å². The molecule has 0 aliphatic carbocycles. The van der Waals surface area contributed by atoms with Gasteiger partial charge >= 0.3 is 0 Å². The van der Waals surface area contributed by atoms with Gasteiger partial charge in [-0.2, -0.15) is 0 Å². The second-order valence-electron chi connectivity index (χ2n) is 4.25. The van der Waals surface area contributed by atoms with Gasteiger partial charge in [-0.05, 0) is 32.4 Å². The number of ether oxygens (including phenoxy) is 2. The number of benzene rings is 1. The predicted octanol–water partition coefficient (Wildman–Crippen LogP) is 2.83. The van der Waals surface area contributed by atoms with E-state index in [-0.39, 0.29) is 6.79 Å². The number of hydrogen-bond acceptors (Lipinski definition) is 2. The number of methoxy groups -OCH3 is 1. The second kappa shape index (κ2) is 5.16. The molecule has 1 rings (SSSR count). The van der Waals surface area contributed by atoms with Gasteiger partial charge in [0, 0.05) is 12.7 Å². The Morgan fingerprint density at radius 2 is 2.06 bits per heavy atom. The molecule has 0 atom stereocenters. The van der Waals surface area contributed by atoms with Crippen LogP contribution < -0.4 is 0 Å². The predicted molar refractivity (Wildman–Crippen MR) is 65.1 cm³/mol. The van der Waals surface area contributed by atoms with Crippen LogP contribution in [0.15, 0.2) is 18.2 Å². The molecule has 86 valence electrons. The summed E-state index contributed by atoms with van der Waals surface area (Å²) in [6.07, 6.45) is 5.49. The Bertz CT molecular complexity index is 400. The normalized spacial score (nSPS) is 11.2. The lowest BCUT2D eigenvalue weighted by Crippen LogP contribution is -2.24. The van der Waals surface area contributed by atoms with Gasteiger partial charge in [0.25, 0.3) is 0 Å². The van der Waals surface area contributed by atoms with E-state index in [1.807, 2.05) is 32.9 Å². The van der Waals surface area contributed by atoms with Crippen molar-refractivity contribution in [2.45, 2.75) is 26.4 Å². The van der Waals surface area contributed by atoms with Gasteiger partial charge in [0.1, 0.15) is 6.79 Å². The topological polar surface area (TPSA) is 18.5 Å². The molecule has 0 saturated heterocycles. The first-order valence-corrected chi connectivity index (χ1v) is 5.22. The van der Waals surface area contributed by atoms with Gasteiger partial charge in [-0.1, -0.05) is 23.6 Å². The lowest BCUT2D eigenvalue weighted by Gasteiger charge is -2.27. The van der Waals surface area contributed by atoms with Gasteiger partial charge in [-0.3, -0.25) is 0 Å². The minimum absolute atomic E-state index is 0.255. The SMILES string of the molecule is C#Cc1ccc(C)cc1C(C)(C)OCOC. The maximum atomic E-state index is 5.64. The van der Waals surface area contributed by atoms with E-state index in [1.54, 1.807) is 7.11 Å². The minimum atomic E-state index is -0.441. The molecule has 16 heavy (non-hydrogen) atoms. The summed E-state index contributed by atoms with van der Waals surface area (Å²) in [4.78, 5) is 0. The Kier molecular flexibility index (Phi) is 4.12. The Labute approximate surface area is 97.6 Å². The molecule has 0 N–H and O–H groups in total. The van der Waals surface area contributed by atoms with Crippen LogP contribution in [-0.4, -0.2) is 13.9 Å². The van der Waals surface area contributed by atoms with Crippen LogP contribution in [0.5, 0.6) is 0 Å². The first kappa shape index (κ1) is 12.8. The monoisotopic (exact) mass is 218 g/mol. The van der Waals surface area contributed by atoms with E-state index in [2.05, 4.69) is 12.0 Å². The van der Waals surface area contributed by atoms with Crippen LogP contribution in [0, 0.1) is 19.3 Å². The lowest BCUT2D eigenvalue weighted by molar-refractivity contribution is -0.118. The van der Waals surface area contributed by atoms with E-state index in [4.69, 9.17) is 15.9 Å². The molecule has 2 heteroatoms. The molecule has 1 aromatic rings. The highest BCUT2D eigenvalue weighted by Gasteiger charge is 2.24. The molecule has 0 aromatic heterocycles. The van der Waals surface area contributed by atoms with Crippen molar-refractivity contribution in [2.24, 2.45) is 0 Å². The molecular formula is C14H18O2. The molecule has 0 aliphatic heterocycles. The van der Waals surface area contributed by atoms with Crippen molar-refractivity contribution in [2.75, 3.05) is 13.9 Å². The Morgan fingerprint density at radius 1 is 1.38 bits per heavy atom. The molecule has 0 heterocycles. The quantitative estimate of drug-likeness (QED) is 0.571. The molecule has 0 saturated carbocycles. The third-order valence-electron chi connectivity index (χ3n) is 2.52. The van der Waals surface area contributed by atoms with E-state index in [0.29, 0.717) is 0 Å². The third kappa shape index (κ3) is 2.85.